The molecule has 0 amide bonds. The van der Waals surface area contributed by atoms with Crippen LogP contribution >= 0.6 is 0 Å². The van der Waals surface area contributed by atoms with E-state index < -0.39 is 0 Å². The molecule has 0 aliphatic carbocycles. The fourth-order valence-electron chi connectivity index (χ4n) is 2.07. The minimum Gasteiger partial charge on any atom is -0.364 e. The number of aromatic nitrogens is 1. The summed E-state index contributed by atoms with van der Waals surface area (Å²) in [6.45, 7) is 2.82. The maximum absolute atomic E-state index is 5.74. The van der Waals surface area contributed by atoms with E-state index in [1.54, 1.807) is 12.5 Å². The van der Waals surface area contributed by atoms with Crippen molar-refractivity contribution in [2.75, 3.05) is 13.1 Å². The van der Waals surface area contributed by atoms with Crippen LogP contribution in [-0.4, -0.2) is 29.2 Å². The smallest absolute Gasteiger partial charge is 0.128 e. The van der Waals surface area contributed by atoms with E-state index in [1.807, 2.05) is 0 Å². The van der Waals surface area contributed by atoms with Crippen LogP contribution in [0.5, 0.6) is 0 Å². The highest BCUT2D eigenvalue weighted by molar-refractivity contribution is 5.00. The number of piperidine rings is 1. The number of likely N-dealkylation sites (tertiary alicyclic amines) is 1. The highest BCUT2D eigenvalue weighted by Gasteiger charge is 2.21. The van der Waals surface area contributed by atoms with Gasteiger partial charge in [-0.3, -0.25) is 4.90 Å². The largest absolute Gasteiger partial charge is 0.364 e. The van der Waals surface area contributed by atoms with E-state index in [4.69, 9.17) is 10.3 Å². The molecule has 0 bridgehead atoms. The molecule has 14 heavy (non-hydrogen) atoms. The van der Waals surface area contributed by atoms with Crippen LogP contribution in [-0.2, 0) is 6.54 Å². The van der Waals surface area contributed by atoms with Crippen LogP contribution < -0.4 is 5.73 Å². The number of hydrogen-bond donors (Lipinski definition) is 1. The van der Waals surface area contributed by atoms with Gasteiger partial charge in [0.15, 0.2) is 0 Å². The monoisotopic (exact) mass is 195 g/mol. The predicted octanol–water partition coefficient (Wildman–Crippen LogP) is 0.988. The second-order valence-corrected chi connectivity index (χ2v) is 3.89. The van der Waals surface area contributed by atoms with Gasteiger partial charge in [0.1, 0.15) is 6.26 Å². The molecule has 1 aliphatic rings. The molecule has 1 aromatic rings. The third kappa shape index (κ3) is 2.13. The van der Waals surface area contributed by atoms with Crippen LogP contribution in [0.15, 0.2) is 17.0 Å². The van der Waals surface area contributed by atoms with E-state index >= 15 is 0 Å². The second-order valence-electron chi connectivity index (χ2n) is 3.89. The Morgan fingerprint density at radius 3 is 3.21 bits per heavy atom. The highest BCUT2D eigenvalue weighted by atomic mass is 16.5. The number of nitrogens with zero attached hydrogens (tertiary/aromatic N) is 2. The van der Waals surface area contributed by atoms with Crippen LogP contribution in [0, 0.1) is 0 Å². The van der Waals surface area contributed by atoms with Crippen LogP contribution in [0.4, 0.5) is 0 Å². The zero-order valence-corrected chi connectivity index (χ0v) is 8.35. The van der Waals surface area contributed by atoms with Crippen molar-refractivity contribution in [1.29, 1.82) is 0 Å². The van der Waals surface area contributed by atoms with Crippen LogP contribution in [0.2, 0.25) is 0 Å². The summed E-state index contributed by atoms with van der Waals surface area (Å²) < 4.78 is 4.82. The van der Waals surface area contributed by atoms with E-state index in [9.17, 15) is 0 Å². The zero-order chi connectivity index (χ0) is 9.80. The molecule has 2 N–H and O–H groups in total. The molecular weight excluding hydrogens is 178 g/mol. The molecule has 0 radical (unpaired) electrons. The van der Waals surface area contributed by atoms with Crippen molar-refractivity contribution in [3.63, 3.8) is 0 Å². The van der Waals surface area contributed by atoms with Crippen molar-refractivity contribution >= 4 is 0 Å². The summed E-state index contributed by atoms with van der Waals surface area (Å²) >= 11 is 0. The maximum Gasteiger partial charge on any atom is 0.128 e. The molecule has 4 heteroatoms. The Morgan fingerprint density at radius 1 is 1.57 bits per heavy atom. The summed E-state index contributed by atoms with van der Waals surface area (Å²) in [5, 5.41) is 3.71. The summed E-state index contributed by atoms with van der Waals surface area (Å²) in [4.78, 5) is 2.43. The lowest BCUT2D eigenvalue weighted by Crippen LogP contribution is -2.43. The molecule has 78 valence electrons. The first-order chi connectivity index (χ1) is 6.90. The van der Waals surface area contributed by atoms with Crippen molar-refractivity contribution in [1.82, 2.24) is 10.1 Å². The van der Waals surface area contributed by atoms with Crippen molar-refractivity contribution < 1.29 is 4.52 Å². The second kappa shape index (κ2) is 4.57. The van der Waals surface area contributed by atoms with Gasteiger partial charge in [-0.2, -0.15) is 0 Å². The first-order valence-corrected chi connectivity index (χ1v) is 5.22. The number of rotatable bonds is 3. The number of hydrogen-bond acceptors (Lipinski definition) is 4. The van der Waals surface area contributed by atoms with Gasteiger partial charge in [0.2, 0.25) is 0 Å². The Morgan fingerprint density at radius 2 is 2.50 bits per heavy atom. The Bertz CT molecular complexity index is 260. The topological polar surface area (TPSA) is 55.3 Å². The molecule has 1 saturated heterocycles. The van der Waals surface area contributed by atoms with Gasteiger partial charge in [0.25, 0.3) is 0 Å². The fourth-order valence-corrected chi connectivity index (χ4v) is 2.07. The summed E-state index contributed by atoms with van der Waals surface area (Å²) in [5.41, 5.74) is 6.89. The van der Waals surface area contributed by atoms with E-state index in [0.717, 1.165) is 25.2 Å². The van der Waals surface area contributed by atoms with Crippen LogP contribution in [0.1, 0.15) is 24.8 Å². The average Bonchev–Trinajstić information content (AvgIpc) is 2.71. The molecule has 0 spiro atoms. The predicted molar refractivity (Wildman–Crippen MR) is 53.6 cm³/mol. The Hall–Kier alpha value is -0.870. The first kappa shape index (κ1) is 9.68. The molecule has 1 atom stereocenters. The third-order valence-corrected chi connectivity index (χ3v) is 2.89. The van der Waals surface area contributed by atoms with Crippen LogP contribution in [0.25, 0.3) is 0 Å². The van der Waals surface area contributed by atoms with E-state index in [0.29, 0.717) is 6.04 Å². The normalized spacial score (nSPS) is 23.9. The summed E-state index contributed by atoms with van der Waals surface area (Å²) in [5.74, 6) is 0. The zero-order valence-electron chi connectivity index (χ0n) is 8.35. The lowest BCUT2D eigenvalue weighted by atomic mass is 10.0. The Balaban J connectivity index is 1.94. The molecule has 0 aromatic carbocycles. The molecule has 1 unspecified atom stereocenters. The molecule has 1 aliphatic heterocycles. The molecule has 2 rings (SSSR count). The van der Waals surface area contributed by atoms with Crippen molar-refractivity contribution in [2.24, 2.45) is 5.73 Å². The summed E-state index contributed by atoms with van der Waals surface area (Å²) in [6, 6.07) is 0.540. The Kier molecular flexibility index (Phi) is 3.16. The molecule has 0 saturated carbocycles. The SMILES string of the molecule is NCC1CCCCN1Cc1cnoc1. The van der Waals surface area contributed by atoms with Crippen LogP contribution in [0.3, 0.4) is 0 Å². The van der Waals surface area contributed by atoms with Gasteiger partial charge >= 0.3 is 0 Å². The van der Waals surface area contributed by atoms with Gasteiger partial charge in [0, 0.05) is 24.7 Å². The van der Waals surface area contributed by atoms with Gasteiger partial charge < -0.3 is 10.3 Å². The standard InChI is InChI=1S/C10H17N3O/c11-5-10-3-1-2-4-13(10)7-9-6-12-14-8-9/h6,8,10H,1-5,7,11H2. The third-order valence-electron chi connectivity index (χ3n) is 2.89. The molecule has 4 nitrogen and oxygen atoms in total. The molecular formula is C10H17N3O. The lowest BCUT2D eigenvalue weighted by Gasteiger charge is -2.34. The molecule has 2 heterocycles. The van der Waals surface area contributed by atoms with E-state index in [1.165, 1.54) is 19.3 Å². The number of nitrogens with two attached hydrogens (primary N) is 1. The lowest BCUT2D eigenvalue weighted by molar-refractivity contribution is 0.144. The van der Waals surface area contributed by atoms with Gasteiger partial charge in [-0.25, -0.2) is 0 Å². The first-order valence-electron chi connectivity index (χ1n) is 5.22. The van der Waals surface area contributed by atoms with Crippen molar-refractivity contribution in [3.8, 4) is 0 Å². The van der Waals surface area contributed by atoms with Crippen molar-refractivity contribution in [2.45, 2.75) is 31.8 Å². The van der Waals surface area contributed by atoms with Crippen molar-refractivity contribution in [3.05, 3.63) is 18.0 Å². The van der Waals surface area contributed by atoms with Gasteiger partial charge in [-0.15, -0.1) is 0 Å². The Labute approximate surface area is 84.0 Å². The van der Waals surface area contributed by atoms with E-state index in [-0.39, 0.29) is 0 Å². The molecule has 1 aromatic heterocycles. The average molecular weight is 195 g/mol. The maximum atomic E-state index is 5.74. The molecule has 1 fully saturated rings. The quantitative estimate of drug-likeness (QED) is 0.781. The van der Waals surface area contributed by atoms with Gasteiger partial charge in [0.05, 0.1) is 6.20 Å². The minimum atomic E-state index is 0.540. The highest BCUT2D eigenvalue weighted by Crippen LogP contribution is 2.18. The summed E-state index contributed by atoms with van der Waals surface area (Å²) in [7, 11) is 0. The fraction of sp³-hybridized carbons (Fsp3) is 0.700. The van der Waals surface area contributed by atoms with Gasteiger partial charge in [-0.05, 0) is 19.4 Å². The minimum absolute atomic E-state index is 0.540. The van der Waals surface area contributed by atoms with E-state index in [2.05, 4.69) is 10.1 Å². The van der Waals surface area contributed by atoms with Gasteiger partial charge in [-0.1, -0.05) is 11.6 Å². The summed E-state index contributed by atoms with van der Waals surface area (Å²) in [6.07, 6.45) is 7.30.